The quantitative estimate of drug-likeness (QED) is 0.522. The minimum Gasteiger partial charge on any atom is -0.487 e. The molecule has 1 aromatic carbocycles. The van der Waals surface area contributed by atoms with Crippen molar-refractivity contribution in [3.63, 3.8) is 0 Å². The molecule has 0 saturated heterocycles. The van der Waals surface area contributed by atoms with Crippen LogP contribution in [0, 0.1) is 11.6 Å². The molecule has 0 aliphatic carbocycles. The second-order valence-corrected chi connectivity index (χ2v) is 4.60. The molecule has 0 amide bonds. The molecule has 21 heavy (non-hydrogen) atoms. The lowest BCUT2D eigenvalue weighted by Crippen LogP contribution is -2.01. The van der Waals surface area contributed by atoms with Crippen LogP contribution in [0.5, 0.6) is 5.75 Å². The Balaban J connectivity index is 2.01. The highest BCUT2D eigenvalue weighted by Gasteiger charge is 2.07. The van der Waals surface area contributed by atoms with E-state index in [4.69, 9.17) is 21.5 Å². The fraction of sp³-hybridized carbons (Fsp3) is 0.143. The number of nitrogens with zero attached hydrogens (tertiary/aromatic N) is 2. The predicted molar refractivity (Wildman–Crippen MR) is 73.7 cm³/mol. The van der Waals surface area contributed by atoms with Gasteiger partial charge in [0.2, 0.25) is 0 Å². The highest BCUT2D eigenvalue weighted by Crippen LogP contribution is 2.19. The van der Waals surface area contributed by atoms with E-state index in [0.29, 0.717) is 11.4 Å². The van der Waals surface area contributed by atoms with E-state index in [1.54, 1.807) is 6.07 Å². The molecule has 7 heteroatoms. The second-order valence-electron chi connectivity index (χ2n) is 4.16. The monoisotopic (exact) mass is 312 g/mol. The molecule has 0 spiro atoms. The average molecular weight is 313 g/mol. The molecule has 1 heterocycles. The Morgan fingerprint density at radius 3 is 2.71 bits per heavy atom. The van der Waals surface area contributed by atoms with Crippen LogP contribution in [0.1, 0.15) is 11.3 Å². The maximum absolute atomic E-state index is 13.8. The molecule has 0 radical (unpaired) electrons. The van der Waals surface area contributed by atoms with Crippen molar-refractivity contribution in [2.45, 2.75) is 13.0 Å². The van der Waals surface area contributed by atoms with E-state index in [9.17, 15) is 8.78 Å². The number of pyridine rings is 1. The van der Waals surface area contributed by atoms with E-state index in [2.05, 4.69) is 10.1 Å². The first-order valence-electron chi connectivity index (χ1n) is 5.96. The first-order valence-corrected chi connectivity index (χ1v) is 6.34. The lowest BCUT2D eigenvalue weighted by molar-refractivity contribution is 0.299. The van der Waals surface area contributed by atoms with Crippen molar-refractivity contribution in [2.75, 3.05) is 0 Å². The Hall–Kier alpha value is -2.21. The van der Waals surface area contributed by atoms with Crippen LogP contribution in [0.4, 0.5) is 8.78 Å². The summed E-state index contributed by atoms with van der Waals surface area (Å²) in [4.78, 5) is 3.83. The third-order valence-electron chi connectivity index (χ3n) is 2.64. The normalized spacial score (nSPS) is 11.5. The van der Waals surface area contributed by atoms with E-state index in [0.717, 1.165) is 6.20 Å². The number of hydrogen-bond acceptors (Lipinski definition) is 4. The van der Waals surface area contributed by atoms with Crippen LogP contribution in [0.3, 0.4) is 0 Å². The summed E-state index contributed by atoms with van der Waals surface area (Å²) in [5.74, 6) is -0.655. The number of aromatic nitrogens is 1. The van der Waals surface area contributed by atoms with Crippen molar-refractivity contribution in [3.8, 4) is 5.75 Å². The Kier molecular flexibility index (Phi) is 5.05. The van der Waals surface area contributed by atoms with Gasteiger partial charge in [-0.3, -0.25) is 4.98 Å². The summed E-state index contributed by atoms with van der Waals surface area (Å²) in [6, 6.07) is 6.99. The lowest BCUT2D eigenvalue weighted by Gasteiger charge is -2.07. The van der Waals surface area contributed by atoms with Gasteiger partial charge in [0, 0.05) is 12.5 Å². The summed E-state index contributed by atoms with van der Waals surface area (Å²) in [7, 11) is 0. The van der Waals surface area contributed by atoms with Gasteiger partial charge >= 0.3 is 0 Å². The van der Waals surface area contributed by atoms with Gasteiger partial charge in [-0.15, -0.1) is 0 Å². The molecule has 1 N–H and O–H groups in total. The van der Waals surface area contributed by atoms with Crippen LogP contribution in [-0.2, 0) is 13.0 Å². The summed E-state index contributed by atoms with van der Waals surface area (Å²) in [6.45, 7) is 0.0952. The van der Waals surface area contributed by atoms with Crippen molar-refractivity contribution in [1.29, 1.82) is 0 Å². The van der Waals surface area contributed by atoms with E-state index in [-0.39, 0.29) is 23.8 Å². The zero-order valence-electron chi connectivity index (χ0n) is 10.8. The van der Waals surface area contributed by atoms with E-state index in [1.807, 2.05) is 0 Å². The van der Waals surface area contributed by atoms with Crippen LogP contribution in [-0.4, -0.2) is 15.4 Å². The molecule has 4 nitrogen and oxygen atoms in total. The van der Waals surface area contributed by atoms with Gasteiger partial charge in [-0.1, -0.05) is 22.8 Å². The predicted octanol–water partition coefficient (Wildman–Crippen LogP) is 3.51. The van der Waals surface area contributed by atoms with Crippen molar-refractivity contribution >= 4 is 16.8 Å². The third-order valence-corrected chi connectivity index (χ3v) is 2.85. The molecule has 0 unspecified atom stereocenters. The molecule has 0 atom stereocenters. The van der Waals surface area contributed by atoms with Gasteiger partial charge in [-0.2, -0.15) is 0 Å². The SMILES string of the molecule is ON=C(Cl)Cc1ccc(OCc2ccc(F)cn2)cc1F. The van der Waals surface area contributed by atoms with Gasteiger partial charge in [-0.25, -0.2) is 8.78 Å². The first-order chi connectivity index (χ1) is 10.1. The Labute approximate surface area is 124 Å². The van der Waals surface area contributed by atoms with E-state index < -0.39 is 11.6 Å². The van der Waals surface area contributed by atoms with Crippen LogP contribution in [0.2, 0.25) is 0 Å². The van der Waals surface area contributed by atoms with Crippen LogP contribution >= 0.6 is 11.6 Å². The van der Waals surface area contributed by atoms with Crippen LogP contribution in [0.15, 0.2) is 41.7 Å². The standard InChI is InChI=1S/C14H11ClF2N2O2/c15-14(19-20)5-9-1-4-12(6-13(9)17)21-8-11-3-2-10(16)7-18-11/h1-4,6-7,20H,5,8H2. The molecule has 1 aromatic heterocycles. The van der Waals surface area contributed by atoms with Gasteiger partial charge in [-0.05, 0) is 23.8 Å². The second kappa shape index (κ2) is 6.99. The molecular formula is C14H11ClF2N2O2. The van der Waals surface area contributed by atoms with Gasteiger partial charge in [0.15, 0.2) is 0 Å². The molecule has 0 aliphatic rings. The minimum absolute atomic E-state index is 0.0102. The Morgan fingerprint density at radius 2 is 2.10 bits per heavy atom. The highest BCUT2D eigenvalue weighted by atomic mass is 35.5. The van der Waals surface area contributed by atoms with E-state index >= 15 is 0 Å². The molecule has 2 aromatic rings. The number of oxime groups is 1. The molecule has 0 bridgehead atoms. The van der Waals surface area contributed by atoms with Gasteiger partial charge in [0.25, 0.3) is 0 Å². The maximum atomic E-state index is 13.8. The summed E-state index contributed by atoms with van der Waals surface area (Å²) in [6.07, 6.45) is 1.07. The van der Waals surface area contributed by atoms with Crippen molar-refractivity contribution < 1.29 is 18.7 Å². The number of rotatable bonds is 5. The maximum Gasteiger partial charge on any atom is 0.149 e. The van der Waals surface area contributed by atoms with Gasteiger partial charge in [0.05, 0.1) is 11.9 Å². The number of halogens is 3. The highest BCUT2D eigenvalue weighted by molar-refractivity contribution is 6.65. The van der Waals surface area contributed by atoms with Gasteiger partial charge < -0.3 is 9.94 Å². The fourth-order valence-corrected chi connectivity index (χ4v) is 1.75. The molecular weight excluding hydrogens is 302 g/mol. The number of ether oxygens (including phenoxy) is 1. The molecule has 2 rings (SSSR count). The molecule has 110 valence electrons. The van der Waals surface area contributed by atoms with Crippen molar-refractivity contribution in [1.82, 2.24) is 4.98 Å². The first kappa shape index (κ1) is 15.2. The fourth-order valence-electron chi connectivity index (χ4n) is 1.60. The lowest BCUT2D eigenvalue weighted by atomic mass is 10.1. The summed E-state index contributed by atoms with van der Waals surface area (Å²) >= 11 is 5.53. The molecule has 0 aliphatic heterocycles. The smallest absolute Gasteiger partial charge is 0.149 e. The largest absolute Gasteiger partial charge is 0.487 e. The zero-order chi connectivity index (χ0) is 15.2. The van der Waals surface area contributed by atoms with E-state index in [1.165, 1.54) is 24.3 Å². The minimum atomic E-state index is -0.527. The summed E-state index contributed by atoms with van der Waals surface area (Å²) in [5.41, 5.74) is 0.807. The topological polar surface area (TPSA) is 54.7 Å². The Bertz CT molecular complexity index is 648. The van der Waals surface area contributed by atoms with Crippen molar-refractivity contribution in [3.05, 3.63) is 59.4 Å². The number of hydrogen-bond donors (Lipinski definition) is 1. The molecule has 0 saturated carbocycles. The van der Waals surface area contributed by atoms with Crippen LogP contribution < -0.4 is 4.74 Å². The van der Waals surface area contributed by atoms with Crippen molar-refractivity contribution in [2.24, 2.45) is 5.16 Å². The average Bonchev–Trinajstić information content (AvgIpc) is 2.49. The zero-order valence-corrected chi connectivity index (χ0v) is 11.5. The summed E-state index contributed by atoms with van der Waals surface area (Å²) < 4.78 is 31.8. The third kappa shape index (κ3) is 4.39. The number of benzene rings is 1. The Morgan fingerprint density at radius 1 is 1.29 bits per heavy atom. The van der Waals surface area contributed by atoms with Gasteiger partial charge in [0.1, 0.15) is 29.2 Å². The molecule has 0 fully saturated rings. The summed E-state index contributed by atoms with van der Waals surface area (Å²) in [5, 5.41) is 11.1. The van der Waals surface area contributed by atoms with Crippen LogP contribution in [0.25, 0.3) is 0 Å².